The molecule has 8 nitrogen and oxygen atoms in total. The normalized spacial score (nSPS) is 10.3. The van der Waals surface area contributed by atoms with Gasteiger partial charge in [0.05, 0.1) is 6.20 Å². The van der Waals surface area contributed by atoms with Crippen LogP contribution in [0.5, 0.6) is 0 Å². The number of nitrogens with one attached hydrogen (secondary N) is 1. The molecule has 0 aliphatic heterocycles. The van der Waals surface area contributed by atoms with E-state index in [2.05, 4.69) is 20.5 Å². The maximum absolute atomic E-state index is 11.1. The highest BCUT2D eigenvalue weighted by Gasteiger charge is 2.08. The van der Waals surface area contributed by atoms with Gasteiger partial charge in [0.15, 0.2) is 11.6 Å². The average Bonchev–Trinajstić information content (AvgIpc) is 2.88. The quantitative estimate of drug-likeness (QED) is 0.802. The molecule has 0 aliphatic carbocycles. The van der Waals surface area contributed by atoms with Crippen molar-refractivity contribution >= 4 is 29.0 Å². The van der Waals surface area contributed by atoms with Crippen molar-refractivity contribution in [3.8, 4) is 0 Å². The number of amides is 1. The molecule has 0 saturated carbocycles. The first-order valence-electron chi connectivity index (χ1n) is 4.90. The smallest absolute Gasteiger partial charge is 0.410 e. The van der Waals surface area contributed by atoms with E-state index < -0.39 is 6.09 Å². The molecule has 2 rings (SSSR count). The topological polar surface area (TPSA) is 110 Å². The molecule has 9 heteroatoms. The van der Waals surface area contributed by atoms with Gasteiger partial charge in [0.25, 0.3) is 0 Å². The monoisotopic (exact) mass is 267 g/mol. The second-order valence-electron chi connectivity index (χ2n) is 3.37. The van der Waals surface area contributed by atoms with E-state index in [-0.39, 0.29) is 11.6 Å². The van der Waals surface area contributed by atoms with E-state index >= 15 is 0 Å². The maximum Gasteiger partial charge on any atom is 0.410 e. The number of rotatable bonds is 4. The molecule has 2 aromatic rings. The molecule has 18 heavy (non-hydrogen) atoms. The van der Waals surface area contributed by atoms with Crippen molar-refractivity contribution in [3.05, 3.63) is 22.3 Å². The number of carbonyl (C=O) groups excluding carboxylic acids is 1. The molecule has 1 amide bonds. The van der Waals surface area contributed by atoms with Gasteiger partial charge in [-0.3, -0.25) is 10.1 Å². The number of Topliss-reactive ketones (excluding diaryl/α,β-unsaturated/α-hetero) is 1. The highest BCUT2D eigenvalue weighted by Crippen LogP contribution is 2.11. The number of carboxylic acid groups (broad SMARTS) is 1. The summed E-state index contributed by atoms with van der Waals surface area (Å²) in [5, 5.41) is 20.7. The van der Waals surface area contributed by atoms with Crippen molar-refractivity contribution in [1.29, 1.82) is 0 Å². The molecule has 2 heterocycles. The van der Waals surface area contributed by atoms with E-state index in [1.54, 1.807) is 5.38 Å². The van der Waals surface area contributed by atoms with E-state index in [1.807, 2.05) is 0 Å². The number of aromatic nitrogens is 4. The number of ketones is 1. The molecule has 94 valence electrons. The molecular formula is C9H9N5O3S. The number of thiazole rings is 1. The first-order chi connectivity index (χ1) is 8.54. The van der Waals surface area contributed by atoms with Crippen LogP contribution in [0.4, 0.5) is 10.6 Å². The first-order valence-corrected chi connectivity index (χ1v) is 5.78. The van der Waals surface area contributed by atoms with E-state index in [4.69, 9.17) is 5.11 Å². The molecule has 2 N–H and O–H groups in total. The van der Waals surface area contributed by atoms with Crippen LogP contribution in [-0.2, 0) is 6.54 Å². The Kier molecular flexibility index (Phi) is 3.33. The summed E-state index contributed by atoms with van der Waals surface area (Å²) in [6.45, 7) is 1.74. The summed E-state index contributed by atoms with van der Waals surface area (Å²) in [4.78, 5) is 26.9. The van der Waals surface area contributed by atoms with Gasteiger partial charge in [0.1, 0.15) is 17.2 Å². The van der Waals surface area contributed by atoms with Crippen LogP contribution in [0.2, 0.25) is 0 Å². The summed E-state index contributed by atoms with van der Waals surface area (Å²) in [6, 6.07) is 0. The Morgan fingerprint density at radius 3 is 2.94 bits per heavy atom. The molecule has 0 aromatic carbocycles. The number of nitrogens with zero attached hydrogens (tertiary/aromatic N) is 4. The number of anilines is 1. The highest BCUT2D eigenvalue weighted by molar-refractivity contribution is 7.09. The predicted octanol–water partition coefficient (Wildman–Crippen LogP) is 1.08. The number of hydrogen-bond donors (Lipinski definition) is 2. The summed E-state index contributed by atoms with van der Waals surface area (Å²) in [5.74, 6) is 0.0463. The molecule has 2 aromatic heterocycles. The highest BCUT2D eigenvalue weighted by atomic mass is 32.1. The Morgan fingerprint density at radius 2 is 2.33 bits per heavy atom. The molecule has 0 bridgehead atoms. The second kappa shape index (κ2) is 4.92. The first kappa shape index (κ1) is 12.2. The lowest BCUT2D eigenvalue weighted by atomic mass is 10.4. The van der Waals surface area contributed by atoms with Gasteiger partial charge in [-0.1, -0.05) is 0 Å². The van der Waals surface area contributed by atoms with Crippen molar-refractivity contribution in [2.24, 2.45) is 0 Å². The fourth-order valence-electron chi connectivity index (χ4n) is 1.21. The minimum absolute atomic E-state index is 0.0980. The van der Waals surface area contributed by atoms with Crippen LogP contribution in [0.15, 0.2) is 11.6 Å². The number of carbonyl (C=O) groups is 2. The van der Waals surface area contributed by atoms with Crippen LogP contribution in [0.1, 0.15) is 22.4 Å². The van der Waals surface area contributed by atoms with Crippen LogP contribution >= 0.6 is 11.3 Å². The van der Waals surface area contributed by atoms with E-state index in [0.29, 0.717) is 17.2 Å². The summed E-state index contributed by atoms with van der Waals surface area (Å²) >= 11 is 1.33. The third kappa shape index (κ3) is 2.88. The van der Waals surface area contributed by atoms with E-state index in [9.17, 15) is 9.59 Å². The maximum atomic E-state index is 11.1. The Balaban J connectivity index is 2.06. The minimum Gasteiger partial charge on any atom is -0.465 e. The fourth-order valence-corrected chi connectivity index (χ4v) is 2.01. The third-order valence-corrected chi connectivity index (χ3v) is 2.79. The van der Waals surface area contributed by atoms with Gasteiger partial charge in [-0.05, 0) is 0 Å². The van der Waals surface area contributed by atoms with Crippen molar-refractivity contribution in [2.75, 3.05) is 5.32 Å². The van der Waals surface area contributed by atoms with Crippen LogP contribution in [0, 0.1) is 0 Å². The summed E-state index contributed by atoms with van der Waals surface area (Å²) in [7, 11) is 0. The van der Waals surface area contributed by atoms with Crippen LogP contribution in [0.25, 0.3) is 0 Å². The largest absolute Gasteiger partial charge is 0.465 e. The fraction of sp³-hybridized carbons (Fsp3) is 0.222. The summed E-state index contributed by atoms with van der Waals surface area (Å²) in [6.07, 6.45) is 0.100. The Bertz CT molecular complexity index is 591. The standard InChI is InChI=1S/C9H9N5O3S/c1-5(15)6-4-18-8(11-6)3-14-10-2-7(13-14)12-9(16)17/h2,4H,3H2,1H3,(H,12,13)(H,16,17). The average molecular weight is 267 g/mol. The molecule has 0 aliphatic rings. The van der Waals surface area contributed by atoms with Gasteiger partial charge in [0.2, 0.25) is 0 Å². The lowest BCUT2D eigenvalue weighted by Crippen LogP contribution is -2.09. The summed E-state index contributed by atoms with van der Waals surface area (Å²) < 4.78 is 0. The minimum atomic E-state index is -1.20. The van der Waals surface area contributed by atoms with Gasteiger partial charge in [-0.15, -0.1) is 16.4 Å². The van der Waals surface area contributed by atoms with Crippen molar-refractivity contribution in [1.82, 2.24) is 20.0 Å². The third-order valence-electron chi connectivity index (χ3n) is 1.96. The number of hydrogen-bond acceptors (Lipinski definition) is 6. The van der Waals surface area contributed by atoms with Crippen LogP contribution in [-0.4, -0.2) is 37.0 Å². The molecule has 0 saturated heterocycles. The molecular weight excluding hydrogens is 258 g/mol. The zero-order valence-corrected chi connectivity index (χ0v) is 10.1. The van der Waals surface area contributed by atoms with Gasteiger partial charge in [0, 0.05) is 12.3 Å². The lowest BCUT2D eigenvalue weighted by molar-refractivity contribution is 0.101. The Labute approximate surface area is 105 Å². The van der Waals surface area contributed by atoms with Crippen molar-refractivity contribution in [2.45, 2.75) is 13.5 Å². The molecule has 0 unspecified atom stereocenters. The molecule has 0 atom stereocenters. The van der Waals surface area contributed by atoms with Gasteiger partial charge in [-0.25, -0.2) is 9.78 Å². The van der Waals surface area contributed by atoms with E-state index in [1.165, 1.54) is 29.3 Å². The van der Waals surface area contributed by atoms with E-state index in [0.717, 1.165) is 0 Å². The zero-order valence-electron chi connectivity index (χ0n) is 9.32. The Morgan fingerprint density at radius 1 is 1.56 bits per heavy atom. The zero-order chi connectivity index (χ0) is 13.1. The van der Waals surface area contributed by atoms with Crippen molar-refractivity contribution < 1.29 is 14.7 Å². The van der Waals surface area contributed by atoms with Gasteiger partial charge < -0.3 is 5.11 Å². The van der Waals surface area contributed by atoms with Crippen LogP contribution in [0.3, 0.4) is 0 Å². The summed E-state index contributed by atoms with van der Waals surface area (Å²) in [5.41, 5.74) is 0.408. The van der Waals surface area contributed by atoms with Crippen molar-refractivity contribution in [3.63, 3.8) is 0 Å². The molecule has 0 spiro atoms. The van der Waals surface area contributed by atoms with Gasteiger partial charge >= 0.3 is 6.09 Å². The van der Waals surface area contributed by atoms with Crippen LogP contribution < -0.4 is 5.32 Å². The Hall–Kier alpha value is -2.29. The molecule has 0 fully saturated rings. The lowest BCUT2D eigenvalue weighted by Gasteiger charge is -1.95. The SMILES string of the molecule is CC(=O)c1csc(Cn2ncc(NC(=O)O)n2)n1. The molecule has 0 radical (unpaired) electrons. The predicted molar refractivity (Wildman–Crippen MR) is 62.9 cm³/mol. The van der Waals surface area contributed by atoms with Gasteiger partial charge in [-0.2, -0.15) is 9.90 Å². The second-order valence-corrected chi connectivity index (χ2v) is 4.32.